The fourth-order valence-corrected chi connectivity index (χ4v) is 2.06. The molecule has 0 atom stereocenters. The van der Waals surface area contributed by atoms with Crippen molar-refractivity contribution < 1.29 is 14.3 Å². The quantitative estimate of drug-likeness (QED) is 0.892. The van der Waals surface area contributed by atoms with Crippen LogP contribution >= 0.6 is 0 Å². The third kappa shape index (κ3) is 4.32. The van der Waals surface area contributed by atoms with Crippen molar-refractivity contribution >= 4 is 17.5 Å². The Hall–Kier alpha value is -2.82. The normalized spacial score (nSPS) is 10.0. The molecule has 2 aromatic rings. The highest BCUT2D eigenvalue weighted by Gasteiger charge is 2.12. The highest BCUT2D eigenvalue weighted by atomic mass is 16.5. The molecule has 23 heavy (non-hydrogen) atoms. The minimum Gasteiger partial charge on any atom is -0.484 e. The average molecular weight is 312 g/mol. The number of aryl methyl sites for hydroxylation is 2. The predicted molar refractivity (Wildman–Crippen MR) is 89.9 cm³/mol. The van der Waals surface area contributed by atoms with Gasteiger partial charge in [0.1, 0.15) is 5.75 Å². The summed E-state index contributed by atoms with van der Waals surface area (Å²) in [5.41, 5.74) is 3.14. The molecule has 0 aliphatic carbocycles. The second kappa shape index (κ2) is 7.45. The predicted octanol–water partition coefficient (Wildman–Crippen LogP) is 2.68. The van der Waals surface area contributed by atoms with Crippen LogP contribution in [0.4, 0.5) is 5.69 Å². The summed E-state index contributed by atoms with van der Waals surface area (Å²) < 4.78 is 5.49. The Morgan fingerprint density at radius 3 is 2.48 bits per heavy atom. The third-order valence-corrected chi connectivity index (χ3v) is 3.52. The van der Waals surface area contributed by atoms with Gasteiger partial charge in [0.05, 0.1) is 11.3 Å². The number of hydrogen-bond donors (Lipinski definition) is 2. The van der Waals surface area contributed by atoms with E-state index in [0.29, 0.717) is 17.0 Å². The summed E-state index contributed by atoms with van der Waals surface area (Å²) in [6.45, 7) is 3.88. The van der Waals surface area contributed by atoms with E-state index in [2.05, 4.69) is 10.6 Å². The molecule has 2 rings (SSSR count). The van der Waals surface area contributed by atoms with Gasteiger partial charge in [0.25, 0.3) is 11.8 Å². The zero-order valence-electron chi connectivity index (χ0n) is 13.5. The molecule has 0 aromatic heterocycles. The molecular weight excluding hydrogens is 292 g/mol. The number of nitrogens with one attached hydrogen (secondary N) is 2. The molecule has 2 amide bonds. The maximum absolute atomic E-state index is 12.0. The molecule has 0 aliphatic rings. The molecule has 120 valence electrons. The smallest absolute Gasteiger partial charge is 0.262 e. The molecule has 0 aliphatic heterocycles. The van der Waals surface area contributed by atoms with E-state index < -0.39 is 0 Å². The highest BCUT2D eigenvalue weighted by Crippen LogP contribution is 2.17. The molecule has 5 nitrogen and oxygen atoms in total. The Morgan fingerprint density at radius 1 is 1.04 bits per heavy atom. The molecule has 0 unspecified atom stereocenters. The van der Waals surface area contributed by atoms with Gasteiger partial charge in [-0.25, -0.2) is 0 Å². The number of amides is 2. The van der Waals surface area contributed by atoms with Gasteiger partial charge in [-0.05, 0) is 49.2 Å². The topological polar surface area (TPSA) is 67.4 Å². The largest absolute Gasteiger partial charge is 0.484 e. The number of para-hydroxylation sites is 1. The van der Waals surface area contributed by atoms with Crippen LogP contribution in [0.1, 0.15) is 21.5 Å². The van der Waals surface area contributed by atoms with Crippen molar-refractivity contribution in [2.24, 2.45) is 0 Å². The fourth-order valence-electron chi connectivity index (χ4n) is 2.06. The van der Waals surface area contributed by atoms with E-state index in [-0.39, 0.29) is 18.4 Å². The summed E-state index contributed by atoms with van der Waals surface area (Å²) in [4.78, 5) is 23.8. The Kier molecular flexibility index (Phi) is 5.36. The summed E-state index contributed by atoms with van der Waals surface area (Å²) in [5, 5.41) is 5.24. The first kappa shape index (κ1) is 16.5. The van der Waals surface area contributed by atoms with Crippen molar-refractivity contribution in [1.29, 1.82) is 0 Å². The van der Waals surface area contributed by atoms with Crippen LogP contribution in [0.3, 0.4) is 0 Å². The Labute approximate surface area is 135 Å². The van der Waals surface area contributed by atoms with Gasteiger partial charge in [-0.2, -0.15) is 0 Å². The van der Waals surface area contributed by atoms with Gasteiger partial charge in [0.15, 0.2) is 6.61 Å². The SMILES string of the molecule is CNC(=O)c1ccccc1NC(=O)COc1ccc(C)c(C)c1. The monoisotopic (exact) mass is 312 g/mol. The summed E-state index contributed by atoms with van der Waals surface area (Å²) >= 11 is 0. The molecule has 0 saturated carbocycles. The zero-order chi connectivity index (χ0) is 16.8. The van der Waals surface area contributed by atoms with Crippen LogP contribution in [0, 0.1) is 13.8 Å². The first-order valence-electron chi connectivity index (χ1n) is 7.32. The molecule has 0 bridgehead atoms. The van der Waals surface area contributed by atoms with Crippen molar-refractivity contribution in [2.45, 2.75) is 13.8 Å². The highest BCUT2D eigenvalue weighted by molar-refractivity contribution is 6.03. The Balaban J connectivity index is 2.00. The maximum atomic E-state index is 12.0. The van der Waals surface area contributed by atoms with Gasteiger partial charge < -0.3 is 15.4 Å². The summed E-state index contributed by atoms with van der Waals surface area (Å²) in [5.74, 6) is 0.0680. The van der Waals surface area contributed by atoms with Gasteiger partial charge in [-0.15, -0.1) is 0 Å². The van der Waals surface area contributed by atoms with E-state index in [0.717, 1.165) is 5.56 Å². The Morgan fingerprint density at radius 2 is 1.78 bits per heavy atom. The van der Waals surface area contributed by atoms with Gasteiger partial charge in [0.2, 0.25) is 0 Å². The van der Waals surface area contributed by atoms with E-state index in [1.807, 2.05) is 32.0 Å². The molecule has 0 saturated heterocycles. The van der Waals surface area contributed by atoms with Crippen LogP contribution in [-0.2, 0) is 4.79 Å². The first-order chi connectivity index (χ1) is 11.0. The van der Waals surface area contributed by atoms with E-state index in [1.165, 1.54) is 5.56 Å². The van der Waals surface area contributed by atoms with Gasteiger partial charge in [-0.1, -0.05) is 18.2 Å². The standard InChI is InChI=1S/C18H20N2O3/c1-12-8-9-14(10-13(12)2)23-11-17(21)20-16-7-5-4-6-15(16)18(22)19-3/h4-10H,11H2,1-3H3,(H,19,22)(H,20,21). The molecule has 0 spiro atoms. The van der Waals surface area contributed by atoms with Crippen molar-refractivity contribution in [3.05, 3.63) is 59.2 Å². The minimum absolute atomic E-state index is 0.120. The molecular formula is C18H20N2O3. The average Bonchev–Trinajstić information content (AvgIpc) is 2.55. The van der Waals surface area contributed by atoms with Gasteiger partial charge in [-0.3, -0.25) is 9.59 Å². The van der Waals surface area contributed by atoms with Crippen LogP contribution in [0.25, 0.3) is 0 Å². The molecule has 0 fully saturated rings. The Bertz CT molecular complexity index is 726. The van der Waals surface area contributed by atoms with E-state index in [9.17, 15) is 9.59 Å². The van der Waals surface area contributed by atoms with Crippen molar-refractivity contribution in [3.63, 3.8) is 0 Å². The summed E-state index contributed by atoms with van der Waals surface area (Å²) in [6.07, 6.45) is 0. The number of benzene rings is 2. The van der Waals surface area contributed by atoms with Crippen LogP contribution in [-0.4, -0.2) is 25.5 Å². The van der Waals surface area contributed by atoms with Crippen LogP contribution < -0.4 is 15.4 Å². The van der Waals surface area contributed by atoms with Crippen molar-refractivity contribution in [1.82, 2.24) is 5.32 Å². The van der Waals surface area contributed by atoms with E-state index >= 15 is 0 Å². The lowest BCUT2D eigenvalue weighted by Crippen LogP contribution is -2.24. The number of rotatable bonds is 5. The fraction of sp³-hybridized carbons (Fsp3) is 0.222. The lowest BCUT2D eigenvalue weighted by molar-refractivity contribution is -0.118. The zero-order valence-corrected chi connectivity index (χ0v) is 13.5. The number of ether oxygens (including phenoxy) is 1. The number of anilines is 1. The van der Waals surface area contributed by atoms with Gasteiger partial charge >= 0.3 is 0 Å². The first-order valence-corrected chi connectivity index (χ1v) is 7.32. The second-order valence-electron chi connectivity index (χ2n) is 5.21. The second-order valence-corrected chi connectivity index (χ2v) is 5.21. The lowest BCUT2D eigenvalue weighted by atomic mass is 10.1. The molecule has 2 N–H and O–H groups in total. The van der Waals surface area contributed by atoms with Crippen LogP contribution in [0.5, 0.6) is 5.75 Å². The number of carbonyl (C=O) groups excluding carboxylic acids is 2. The molecule has 0 heterocycles. The van der Waals surface area contributed by atoms with E-state index in [4.69, 9.17) is 4.74 Å². The van der Waals surface area contributed by atoms with Crippen molar-refractivity contribution in [3.8, 4) is 5.75 Å². The van der Waals surface area contributed by atoms with E-state index in [1.54, 1.807) is 31.3 Å². The van der Waals surface area contributed by atoms with Crippen molar-refractivity contribution in [2.75, 3.05) is 19.0 Å². The minimum atomic E-state index is -0.320. The third-order valence-electron chi connectivity index (χ3n) is 3.52. The van der Waals surface area contributed by atoms with Crippen LogP contribution in [0.2, 0.25) is 0 Å². The number of hydrogen-bond acceptors (Lipinski definition) is 3. The molecule has 0 radical (unpaired) electrons. The molecule has 5 heteroatoms. The summed E-state index contributed by atoms with van der Waals surface area (Å²) in [7, 11) is 1.55. The summed E-state index contributed by atoms with van der Waals surface area (Å²) in [6, 6.07) is 12.5. The molecule has 2 aromatic carbocycles. The van der Waals surface area contributed by atoms with Gasteiger partial charge in [0, 0.05) is 7.05 Å². The number of carbonyl (C=O) groups is 2. The maximum Gasteiger partial charge on any atom is 0.262 e. The lowest BCUT2D eigenvalue weighted by Gasteiger charge is -2.11. The van der Waals surface area contributed by atoms with Crippen LogP contribution in [0.15, 0.2) is 42.5 Å².